The fourth-order valence-electron chi connectivity index (χ4n) is 5.37. The number of halogens is 2. The first-order valence-corrected chi connectivity index (χ1v) is 16.2. The van der Waals surface area contributed by atoms with Crippen molar-refractivity contribution in [2.45, 2.75) is 24.2 Å². The van der Waals surface area contributed by atoms with Crippen LogP contribution in [0.5, 0.6) is 0 Å². The Hall–Kier alpha value is -3.74. The summed E-state index contributed by atoms with van der Waals surface area (Å²) in [5.41, 5.74) is 0.336. The second kappa shape index (κ2) is 15.5. The van der Waals surface area contributed by atoms with Crippen LogP contribution in [0.25, 0.3) is 0 Å². The van der Waals surface area contributed by atoms with Crippen LogP contribution in [0.3, 0.4) is 0 Å². The molecule has 240 valence electrons. The molecule has 0 radical (unpaired) electrons. The third kappa shape index (κ3) is 7.74. The fourth-order valence-corrected chi connectivity index (χ4v) is 7.10. The highest BCUT2D eigenvalue weighted by Gasteiger charge is 2.46. The Morgan fingerprint density at radius 1 is 0.911 bits per heavy atom. The molecule has 0 bridgehead atoms. The summed E-state index contributed by atoms with van der Waals surface area (Å²) in [4.78, 5) is 61.0. The zero-order chi connectivity index (χ0) is 32.7. The topological polar surface area (TPSA) is 132 Å². The molecule has 4 rings (SSSR count). The highest BCUT2D eigenvalue weighted by atomic mass is 35.5. The number of aliphatic imine (C=N–C) groups is 1. The van der Waals surface area contributed by atoms with E-state index in [2.05, 4.69) is 4.99 Å². The van der Waals surface area contributed by atoms with E-state index in [1.807, 2.05) is 0 Å². The van der Waals surface area contributed by atoms with Gasteiger partial charge in [0.25, 0.3) is 0 Å². The molecule has 2 unspecified atom stereocenters. The van der Waals surface area contributed by atoms with Gasteiger partial charge in [-0.1, -0.05) is 47.5 Å². The molecule has 0 spiro atoms. The number of benzene rings is 2. The number of carbonyl (C=O) groups is 4. The van der Waals surface area contributed by atoms with Crippen molar-refractivity contribution in [1.82, 2.24) is 9.80 Å². The predicted octanol–water partition coefficient (Wildman–Crippen LogP) is 4.25. The van der Waals surface area contributed by atoms with Crippen LogP contribution in [0.2, 0.25) is 10.0 Å². The molecule has 2 aromatic carbocycles. The van der Waals surface area contributed by atoms with Crippen LogP contribution in [0.15, 0.2) is 69.7 Å². The van der Waals surface area contributed by atoms with E-state index >= 15 is 0 Å². The number of amides is 2. The van der Waals surface area contributed by atoms with Gasteiger partial charge in [-0.05, 0) is 36.8 Å². The van der Waals surface area contributed by atoms with Crippen LogP contribution >= 0.6 is 23.2 Å². The number of hydrogen-bond donors (Lipinski definition) is 0. The van der Waals surface area contributed by atoms with Gasteiger partial charge >= 0.3 is 18.0 Å². The number of carbonyl (C=O) groups excluding carboxylic acids is 4. The van der Waals surface area contributed by atoms with Crippen molar-refractivity contribution in [2.75, 3.05) is 52.8 Å². The van der Waals surface area contributed by atoms with Crippen LogP contribution in [-0.4, -0.2) is 96.4 Å². The summed E-state index contributed by atoms with van der Waals surface area (Å²) in [5, 5.41) is 0.322. The van der Waals surface area contributed by atoms with E-state index in [1.165, 1.54) is 19.1 Å². The third-order valence-corrected chi connectivity index (χ3v) is 9.52. The van der Waals surface area contributed by atoms with Crippen molar-refractivity contribution >= 4 is 63.7 Å². The van der Waals surface area contributed by atoms with E-state index in [0.29, 0.717) is 4.90 Å². The van der Waals surface area contributed by atoms with Crippen molar-refractivity contribution < 1.29 is 37.6 Å². The third-order valence-electron chi connectivity index (χ3n) is 7.53. The zero-order valence-corrected chi connectivity index (χ0v) is 27.3. The van der Waals surface area contributed by atoms with Crippen LogP contribution in [-0.2, 0) is 39.4 Å². The van der Waals surface area contributed by atoms with Gasteiger partial charge in [0.2, 0.25) is 5.91 Å². The van der Waals surface area contributed by atoms with Gasteiger partial charge in [0.05, 0.1) is 55.1 Å². The molecule has 1 saturated heterocycles. The molecule has 0 saturated carbocycles. The zero-order valence-electron chi connectivity index (χ0n) is 25.0. The minimum atomic E-state index is -1.67. The summed E-state index contributed by atoms with van der Waals surface area (Å²) in [7, 11) is 0.695. The van der Waals surface area contributed by atoms with Gasteiger partial charge in [0.1, 0.15) is 5.92 Å². The number of ether oxygens (including phenoxy) is 3. The van der Waals surface area contributed by atoms with E-state index in [9.17, 15) is 23.4 Å². The summed E-state index contributed by atoms with van der Waals surface area (Å²) in [6.07, 6.45) is -0.781. The van der Waals surface area contributed by atoms with Gasteiger partial charge in [0, 0.05) is 52.7 Å². The van der Waals surface area contributed by atoms with Crippen molar-refractivity contribution in [3.63, 3.8) is 0 Å². The highest BCUT2D eigenvalue weighted by molar-refractivity contribution is 7.85. The molecule has 45 heavy (non-hydrogen) atoms. The highest BCUT2D eigenvalue weighted by Crippen LogP contribution is 2.46. The molecular weight excluding hydrogens is 645 g/mol. The van der Waals surface area contributed by atoms with Crippen LogP contribution in [0, 0.1) is 5.92 Å². The lowest BCUT2D eigenvalue weighted by atomic mass is 9.74. The fraction of sp³-hybridized carbons (Fsp3) is 0.387. The van der Waals surface area contributed by atoms with Crippen LogP contribution in [0.4, 0.5) is 4.79 Å². The smallest absolute Gasteiger partial charge is 0.409 e. The van der Waals surface area contributed by atoms with Crippen molar-refractivity contribution in [3.8, 4) is 0 Å². The average Bonchev–Trinajstić information content (AvgIpc) is 3.04. The Labute approximate surface area is 273 Å². The number of esters is 2. The second-order valence-corrected chi connectivity index (χ2v) is 12.4. The van der Waals surface area contributed by atoms with E-state index in [-0.39, 0.29) is 83.5 Å². The molecule has 2 aliphatic rings. The van der Waals surface area contributed by atoms with Crippen LogP contribution < -0.4 is 0 Å². The molecule has 2 aliphatic heterocycles. The Kier molecular flexibility index (Phi) is 11.8. The first-order valence-electron chi connectivity index (χ1n) is 14.1. The summed E-state index contributed by atoms with van der Waals surface area (Å²) >= 11 is 13.3. The van der Waals surface area contributed by atoms with Crippen molar-refractivity contribution in [2.24, 2.45) is 10.9 Å². The first kappa shape index (κ1) is 34.1. The average molecular weight is 679 g/mol. The van der Waals surface area contributed by atoms with Gasteiger partial charge in [-0.3, -0.25) is 18.8 Å². The van der Waals surface area contributed by atoms with Gasteiger partial charge in [0.15, 0.2) is 0 Å². The molecule has 0 aliphatic carbocycles. The molecular formula is C31H33Cl2N3O8S. The molecule has 11 nitrogen and oxygen atoms in total. The molecule has 1 fully saturated rings. The monoisotopic (exact) mass is 677 g/mol. The second-order valence-electron chi connectivity index (χ2n) is 10.1. The van der Waals surface area contributed by atoms with Gasteiger partial charge < -0.3 is 24.0 Å². The van der Waals surface area contributed by atoms with E-state index in [4.69, 9.17) is 37.4 Å². The van der Waals surface area contributed by atoms with Gasteiger partial charge in [-0.15, -0.1) is 0 Å². The summed E-state index contributed by atoms with van der Waals surface area (Å²) in [6.45, 7) is 2.96. The Morgan fingerprint density at radius 2 is 1.53 bits per heavy atom. The number of hydrogen-bond acceptors (Lipinski definition) is 9. The number of nitrogens with zero attached hydrogens (tertiary/aromatic N) is 3. The summed E-state index contributed by atoms with van der Waals surface area (Å²) in [5.74, 6) is -4.65. The molecule has 2 heterocycles. The lowest BCUT2D eigenvalue weighted by Crippen LogP contribution is -2.51. The molecule has 0 N–H and O–H groups in total. The molecule has 3 atom stereocenters. The van der Waals surface area contributed by atoms with Crippen molar-refractivity contribution in [1.29, 1.82) is 0 Å². The maximum atomic E-state index is 13.7. The Bertz CT molecular complexity index is 1520. The van der Waals surface area contributed by atoms with Crippen molar-refractivity contribution in [3.05, 3.63) is 75.4 Å². The molecule has 2 amide bonds. The number of piperazine rings is 1. The lowest BCUT2D eigenvalue weighted by molar-refractivity contribution is -0.143. The van der Waals surface area contributed by atoms with E-state index in [0.717, 1.165) is 0 Å². The van der Waals surface area contributed by atoms with Crippen LogP contribution in [0.1, 0.15) is 24.8 Å². The minimum Gasteiger partial charge on any atom is -0.468 e. The number of methoxy groups -OCH3 is 2. The van der Waals surface area contributed by atoms with Gasteiger partial charge in [-0.2, -0.15) is 0 Å². The summed E-state index contributed by atoms with van der Waals surface area (Å²) in [6, 6.07) is 13.4. The standard InChI is InChI=1S/C31H33Cl2N3O8S/c1-4-44-31(40)36-15-13-35(14-16-36)24(37)17-22-26(29(38)42-2)28(25-20(32)11-8-12-21(25)33)27(30(39)43-3)23(34-22)18-45(41)19-9-6-5-7-10-19/h5-12,26,28H,4,13-18H2,1-3H3/t26?,28-,45?/m0/s1. The Balaban J connectivity index is 1.81. The maximum absolute atomic E-state index is 13.7. The van der Waals surface area contributed by atoms with E-state index in [1.54, 1.807) is 60.4 Å². The molecule has 2 aromatic rings. The predicted molar refractivity (Wildman–Crippen MR) is 169 cm³/mol. The van der Waals surface area contributed by atoms with Gasteiger partial charge in [-0.25, -0.2) is 9.59 Å². The lowest BCUT2D eigenvalue weighted by Gasteiger charge is -2.36. The quantitative estimate of drug-likeness (QED) is 0.284. The maximum Gasteiger partial charge on any atom is 0.409 e. The number of rotatable bonds is 9. The normalized spacial score (nSPS) is 19.0. The SMILES string of the molecule is CCOC(=O)N1CCN(C(=O)CC2=NC(CS(=O)c3ccccc3)=C(C(=O)OC)[C@@H](c3c(Cl)cccc3Cl)C2C(=O)OC)CC1. The first-order chi connectivity index (χ1) is 21.6. The molecule has 14 heteroatoms. The van der Waals surface area contributed by atoms with E-state index < -0.39 is 40.7 Å². The summed E-state index contributed by atoms with van der Waals surface area (Å²) < 4.78 is 28.9. The molecule has 0 aromatic heterocycles. The minimum absolute atomic E-state index is 0.0635. The largest absolute Gasteiger partial charge is 0.468 e. The Morgan fingerprint density at radius 3 is 2.11 bits per heavy atom.